The predicted octanol–water partition coefficient (Wildman–Crippen LogP) is -6.19. The molecule has 0 aromatic carbocycles. The van der Waals surface area contributed by atoms with E-state index in [4.69, 9.17) is 33.5 Å². The minimum absolute atomic E-state index is 0.0826. The molecule has 0 aliphatic carbocycles. The van der Waals surface area contributed by atoms with Crippen molar-refractivity contribution in [3.63, 3.8) is 0 Å². The molecule has 1 saturated heterocycles. The van der Waals surface area contributed by atoms with Crippen LogP contribution < -0.4 is 65.1 Å². The lowest BCUT2D eigenvalue weighted by atomic mass is 10.0. The Morgan fingerprint density at radius 2 is 1.13 bits per heavy atom. The molecule has 0 radical (unpaired) electrons. The highest BCUT2D eigenvalue weighted by Gasteiger charge is 2.41. The largest absolute Gasteiger partial charge is 0.481 e. The standard InChI is InChI=1S/C51H87ClN12O20/c1-4-6-7-8-9-10-11-12-16-33(66)34(67)23-36(69)56-32-25-84-51(83)39(35(68)24-52)63-49(80)40(41(72)50(81)82)64-42(73)27(5-2)57-48(79)38(26(3)65)62-45(76)30(18-21-55)59-43(74)28(15-13-14-19-53)58-46(77)31(22-37(70)71)61-44(75)29(17-20-54)60-47(32)78/h5,26,28-35,38-41,65-68,72H,4,6-25,53-55H2,1-3H3,(H,56,69)(H,57,79)(H,58,77)(H,59,74)(H,60,78)(H,61,75)(H,62,76)(H,63,80)(H,64,73)(H,70,71)(H,81,82)/b27-5+/t26-,28-,29+,30+,31-,32+,33+,34-,35+,38+,39-,40-,41-/m0/s1. The van der Waals surface area contributed by atoms with E-state index in [1.165, 1.54) is 0 Å². The molecule has 0 aromatic rings. The van der Waals surface area contributed by atoms with E-state index in [1.54, 1.807) is 0 Å². The van der Waals surface area contributed by atoms with E-state index >= 15 is 0 Å². The van der Waals surface area contributed by atoms with Gasteiger partial charge in [0.15, 0.2) is 12.1 Å². The summed E-state index contributed by atoms with van der Waals surface area (Å²) in [6.45, 7) is 2.45. The van der Waals surface area contributed by atoms with Crippen LogP contribution in [0.5, 0.6) is 0 Å². The predicted molar refractivity (Wildman–Crippen MR) is 297 cm³/mol. The zero-order chi connectivity index (χ0) is 63.6. The molecule has 1 aliphatic rings. The molecular weight excluding hydrogens is 1140 g/mol. The maximum absolute atomic E-state index is 14.2. The van der Waals surface area contributed by atoms with Gasteiger partial charge in [0, 0.05) is 0 Å². The van der Waals surface area contributed by atoms with Crippen molar-refractivity contribution in [3.8, 4) is 0 Å². The smallest absolute Gasteiger partial charge is 0.335 e. The van der Waals surface area contributed by atoms with Crippen LogP contribution in [0.4, 0.5) is 0 Å². The van der Waals surface area contributed by atoms with Crippen LogP contribution in [0.2, 0.25) is 0 Å². The number of nitrogens with two attached hydrogens (primary N) is 3. The topological polar surface area (TPSA) is 542 Å². The summed E-state index contributed by atoms with van der Waals surface area (Å²) in [5.41, 5.74) is 16.4. The van der Waals surface area contributed by atoms with Gasteiger partial charge < -0.3 is 106 Å². The lowest BCUT2D eigenvalue weighted by Gasteiger charge is -2.28. The first-order valence-electron chi connectivity index (χ1n) is 27.8. The molecule has 0 saturated carbocycles. The van der Waals surface area contributed by atoms with Crippen LogP contribution in [0.3, 0.4) is 0 Å². The third kappa shape index (κ3) is 27.4. The first kappa shape index (κ1) is 75.4. The van der Waals surface area contributed by atoms with Gasteiger partial charge >= 0.3 is 17.9 Å². The van der Waals surface area contributed by atoms with Crippen molar-refractivity contribution in [1.82, 2.24) is 47.9 Å². The second-order valence-corrected chi connectivity index (χ2v) is 20.3. The van der Waals surface area contributed by atoms with Crippen LogP contribution in [0.15, 0.2) is 11.8 Å². The summed E-state index contributed by atoms with van der Waals surface area (Å²) in [6, 6.07) is -16.1. The fourth-order valence-corrected chi connectivity index (χ4v) is 8.40. The Morgan fingerprint density at radius 3 is 1.64 bits per heavy atom. The van der Waals surface area contributed by atoms with Crippen LogP contribution in [-0.4, -0.2) is 218 Å². The second-order valence-electron chi connectivity index (χ2n) is 20.0. The van der Waals surface area contributed by atoms with Crippen LogP contribution in [-0.2, 0) is 62.3 Å². The number of hydrogen-bond acceptors (Lipinski definition) is 21. The van der Waals surface area contributed by atoms with Gasteiger partial charge in [0.1, 0.15) is 54.6 Å². The number of nitrogens with one attached hydrogen (secondary N) is 9. The monoisotopic (exact) mass is 1220 g/mol. The van der Waals surface area contributed by atoms with E-state index in [9.17, 15) is 93.3 Å². The fraction of sp³-hybridized carbons (Fsp3) is 0.725. The average molecular weight is 1220 g/mol. The molecule has 1 rings (SSSR count). The second kappa shape index (κ2) is 40.6. The Labute approximate surface area is 490 Å². The van der Waals surface area contributed by atoms with Gasteiger partial charge in [-0.05, 0) is 72.0 Å². The molecule has 0 bridgehead atoms. The van der Waals surface area contributed by atoms with E-state index in [1.807, 2.05) is 10.6 Å². The van der Waals surface area contributed by atoms with E-state index in [-0.39, 0.29) is 45.2 Å². The number of aliphatic carboxylic acids is 2. The SMILES string of the molecule is C/C=C1/NC(=O)[C@@H]([C@H](C)O)NC(=O)[C@@H](CCN)NC(=O)[C@H](CCCCN)NC(=O)[C@H](CC(=O)O)NC(=O)[C@@H](CCN)NC(=O)[C@H](NC(=O)C[C@H](O)[C@H](O)CCCCCCCCCC)COC(=O)[C@H]([C@H](O)CCl)NC(=O)[C@H]([C@H](O)C(=O)O)NC1=O. The summed E-state index contributed by atoms with van der Waals surface area (Å²) >= 11 is 5.85. The number of unbranched alkanes of at least 4 members (excludes halogenated alkanes) is 8. The Hall–Kier alpha value is -6.65. The summed E-state index contributed by atoms with van der Waals surface area (Å²) in [4.78, 5) is 163. The number of ether oxygens (including phenoxy) is 1. The van der Waals surface area contributed by atoms with E-state index in [0.29, 0.717) is 6.42 Å². The number of halogens is 1. The fourth-order valence-electron chi connectivity index (χ4n) is 8.23. The first-order chi connectivity index (χ1) is 39.7. The van der Waals surface area contributed by atoms with Gasteiger partial charge in [-0.3, -0.25) is 47.9 Å². The zero-order valence-corrected chi connectivity index (χ0v) is 48.2. The van der Waals surface area contributed by atoms with Crippen LogP contribution in [0, 0.1) is 0 Å². The number of hydrogen-bond donors (Lipinski definition) is 19. The average Bonchev–Trinajstić information content (AvgIpc) is 3.64. The van der Waals surface area contributed by atoms with E-state index in [2.05, 4.69) is 44.1 Å². The van der Waals surface area contributed by atoms with Gasteiger partial charge in [-0.25, -0.2) is 9.59 Å². The van der Waals surface area contributed by atoms with Crippen molar-refractivity contribution in [2.75, 3.05) is 32.1 Å². The number of alkyl halides is 1. The molecule has 0 spiro atoms. The summed E-state index contributed by atoms with van der Waals surface area (Å²) in [7, 11) is 0. The Bertz CT molecular complexity index is 2230. The van der Waals surface area contributed by atoms with Crippen molar-refractivity contribution in [1.29, 1.82) is 0 Å². The van der Waals surface area contributed by atoms with Gasteiger partial charge in [-0.15, -0.1) is 11.6 Å². The molecule has 1 fully saturated rings. The Balaban J connectivity index is 4.04. The zero-order valence-electron chi connectivity index (χ0n) is 47.5. The number of carbonyl (C=O) groups excluding carboxylic acids is 10. The van der Waals surface area contributed by atoms with Crippen LogP contribution in [0.1, 0.15) is 124 Å². The molecule has 0 aromatic heterocycles. The quantitative estimate of drug-likeness (QED) is 0.0150. The molecule has 84 heavy (non-hydrogen) atoms. The van der Waals surface area contributed by atoms with Gasteiger partial charge in [0.2, 0.25) is 47.3 Å². The normalized spacial score (nSPS) is 24.8. The summed E-state index contributed by atoms with van der Waals surface area (Å²) < 4.78 is 5.24. The minimum Gasteiger partial charge on any atom is -0.481 e. The van der Waals surface area contributed by atoms with Crippen molar-refractivity contribution in [2.24, 2.45) is 17.2 Å². The van der Waals surface area contributed by atoms with Gasteiger partial charge in [-0.2, -0.15) is 0 Å². The highest BCUT2D eigenvalue weighted by molar-refractivity contribution is 6.18. The van der Waals surface area contributed by atoms with Crippen LogP contribution >= 0.6 is 11.6 Å². The molecule has 478 valence electrons. The maximum Gasteiger partial charge on any atom is 0.335 e. The molecule has 22 N–H and O–H groups in total. The third-order valence-electron chi connectivity index (χ3n) is 13.1. The van der Waals surface area contributed by atoms with Crippen molar-refractivity contribution < 1.29 is 98.0 Å². The number of aliphatic hydroxyl groups excluding tert-OH is 5. The van der Waals surface area contributed by atoms with Crippen molar-refractivity contribution in [3.05, 3.63) is 11.8 Å². The van der Waals surface area contributed by atoms with Gasteiger partial charge in [0.25, 0.3) is 5.91 Å². The highest BCUT2D eigenvalue weighted by Crippen LogP contribution is 2.15. The molecular formula is C51H87ClN12O20. The number of aliphatic hydroxyl groups is 5. The molecule has 13 atom stereocenters. The number of carbonyl (C=O) groups is 12. The molecule has 32 nitrogen and oxygen atoms in total. The number of esters is 1. The molecule has 1 heterocycles. The number of carboxylic acids is 2. The van der Waals surface area contributed by atoms with Gasteiger partial charge in [-0.1, -0.05) is 64.4 Å². The van der Waals surface area contributed by atoms with Crippen LogP contribution in [0.25, 0.3) is 0 Å². The molecule has 9 amide bonds. The number of amides is 9. The minimum atomic E-state index is -2.85. The highest BCUT2D eigenvalue weighted by atomic mass is 35.5. The maximum atomic E-state index is 14.2. The first-order valence-corrected chi connectivity index (χ1v) is 28.3. The number of cyclic esters (lactones) is 1. The lowest BCUT2D eigenvalue weighted by molar-refractivity contribution is -0.155. The summed E-state index contributed by atoms with van der Waals surface area (Å²) in [6.07, 6.45) is -4.17. The molecule has 1 aliphatic heterocycles. The summed E-state index contributed by atoms with van der Waals surface area (Å²) in [5, 5.41) is 92.6. The summed E-state index contributed by atoms with van der Waals surface area (Å²) in [5.74, 6) is -18.2. The lowest BCUT2D eigenvalue weighted by Crippen LogP contribution is -2.62. The van der Waals surface area contributed by atoms with Gasteiger partial charge in [0.05, 0.1) is 43.1 Å². The van der Waals surface area contributed by atoms with E-state index in [0.717, 1.165) is 64.9 Å². The molecule has 33 heteroatoms. The van der Waals surface area contributed by atoms with E-state index < -0.39 is 194 Å². The third-order valence-corrected chi connectivity index (χ3v) is 13.4. The molecule has 0 unspecified atom stereocenters. The van der Waals surface area contributed by atoms with Crippen molar-refractivity contribution in [2.45, 2.75) is 202 Å². The van der Waals surface area contributed by atoms with Crippen molar-refractivity contribution >= 4 is 82.7 Å². The Kier molecular flexibility index (Phi) is 36.4. The number of allylic oxidation sites excluding steroid dienone is 1. The number of rotatable bonds is 28. The number of carboxylic acid groups (broad SMARTS) is 2. The Morgan fingerprint density at radius 1 is 0.619 bits per heavy atom.